The molecule has 0 atom stereocenters. The van der Waals surface area contributed by atoms with Gasteiger partial charge in [-0.2, -0.15) is 0 Å². The highest BCUT2D eigenvalue weighted by molar-refractivity contribution is 5.17. The van der Waals surface area contributed by atoms with Crippen molar-refractivity contribution in [1.82, 2.24) is 10.2 Å². The van der Waals surface area contributed by atoms with Crippen molar-refractivity contribution in [2.45, 2.75) is 60.2 Å². The molecule has 0 fully saturated rings. The quantitative estimate of drug-likeness (QED) is 0.692. The minimum Gasteiger partial charge on any atom is -0.468 e. The van der Waals surface area contributed by atoms with Gasteiger partial charge in [-0.15, -0.1) is 0 Å². The number of nitrogens with one attached hydrogen (secondary N) is 1. The van der Waals surface area contributed by atoms with Gasteiger partial charge < -0.3 is 9.73 Å². The molecule has 1 heterocycles. The van der Waals surface area contributed by atoms with E-state index in [0.717, 1.165) is 38.4 Å². The van der Waals surface area contributed by atoms with Crippen LogP contribution in [0, 0.1) is 5.92 Å². The molecule has 1 N–H and O–H groups in total. The predicted molar refractivity (Wildman–Crippen MR) is 81.1 cm³/mol. The van der Waals surface area contributed by atoms with Crippen LogP contribution in [0.1, 0.15) is 52.4 Å². The zero-order chi connectivity index (χ0) is 14.3. The first kappa shape index (κ1) is 16.3. The Morgan fingerprint density at radius 3 is 2.58 bits per heavy atom. The Bertz CT molecular complexity index is 344. The minimum atomic E-state index is 0.564. The zero-order valence-corrected chi connectivity index (χ0v) is 13.2. The lowest BCUT2D eigenvalue weighted by Gasteiger charge is -2.28. The van der Waals surface area contributed by atoms with Crippen LogP contribution in [0.2, 0.25) is 0 Å². The van der Waals surface area contributed by atoms with Crippen molar-refractivity contribution >= 4 is 0 Å². The van der Waals surface area contributed by atoms with Crippen molar-refractivity contribution in [3.8, 4) is 0 Å². The summed E-state index contributed by atoms with van der Waals surface area (Å²) in [6, 6.07) is 2.67. The van der Waals surface area contributed by atoms with Crippen LogP contribution in [0.25, 0.3) is 0 Å². The van der Waals surface area contributed by atoms with Gasteiger partial charge in [0.2, 0.25) is 0 Å². The predicted octanol–water partition coefficient (Wildman–Crippen LogP) is 3.65. The fraction of sp³-hybridized carbons (Fsp3) is 0.750. The van der Waals surface area contributed by atoms with Crippen LogP contribution in [-0.4, -0.2) is 24.0 Å². The third-order valence-electron chi connectivity index (χ3n) is 3.25. The monoisotopic (exact) mass is 266 g/mol. The summed E-state index contributed by atoms with van der Waals surface area (Å²) in [5.41, 5.74) is 1.32. The van der Waals surface area contributed by atoms with Gasteiger partial charge in [0.15, 0.2) is 0 Å². The summed E-state index contributed by atoms with van der Waals surface area (Å²) in [4.78, 5) is 2.51. The Kier molecular flexibility index (Phi) is 7.17. The molecule has 0 saturated carbocycles. The van der Waals surface area contributed by atoms with E-state index in [9.17, 15) is 0 Å². The average molecular weight is 266 g/mol. The van der Waals surface area contributed by atoms with Gasteiger partial charge in [-0.05, 0) is 38.8 Å². The Balaban J connectivity index is 2.60. The Morgan fingerprint density at radius 1 is 1.26 bits per heavy atom. The molecule has 0 bridgehead atoms. The van der Waals surface area contributed by atoms with Crippen molar-refractivity contribution in [2.75, 3.05) is 13.1 Å². The topological polar surface area (TPSA) is 28.4 Å². The molecular weight excluding hydrogens is 236 g/mol. The molecule has 0 aliphatic heterocycles. The minimum absolute atomic E-state index is 0.564. The van der Waals surface area contributed by atoms with Crippen molar-refractivity contribution in [3.05, 3.63) is 23.7 Å². The van der Waals surface area contributed by atoms with Gasteiger partial charge in [-0.25, -0.2) is 0 Å². The van der Waals surface area contributed by atoms with Crippen LogP contribution < -0.4 is 5.32 Å². The standard InChI is InChI=1S/C16H30N2O/c1-6-8-17-10-16-15(7-9-19-16)12-18(14(4)5)11-13(2)3/h7,9,13-14,17H,6,8,10-12H2,1-5H3. The van der Waals surface area contributed by atoms with E-state index < -0.39 is 0 Å². The Labute approximate surface area is 118 Å². The third kappa shape index (κ3) is 5.79. The second-order valence-electron chi connectivity index (χ2n) is 5.96. The number of hydrogen-bond acceptors (Lipinski definition) is 3. The summed E-state index contributed by atoms with van der Waals surface area (Å²) in [6.07, 6.45) is 2.97. The van der Waals surface area contributed by atoms with Crippen LogP contribution in [0.5, 0.6) is 0 Å². The molecule has 0 saturated heterocycles. The smallest absolute Gasteiger partial charge is 0.122 e. The molecule has 0 radical (unpaired) electrons. The van der Waals surface area contributed by atoms with Crippen LogP contribution in [0.3, 0.4) is 0 Å². The lowest BCUT2D eigenvalue weighted by molar-refractivity contribution is 0.188. The van der Waals surface area contributed by atoms with Crippen LogP contribution in [-0.2, 0) is 13.1 Å². The van der Waals surface area contributed by atoms with E-state index in [-0.39, 0.29) is 0 Å². The number of nitrogens with zero attached hydrogens (tertiary/aromatic N) is 1. The van der Waals surface area contributed by atoms with Gasteiger partial charge in [-0.1, -0.05) is 20.8 Å². The first-order valence-corrected chi connectivity index (χ1v) is 7.54. The first-order chi connectivity index (χ1) is 9.04. The normalized spacial score (nSPS) is 12.0. The Morgan fingerprint density at radius 2 is 2.00 bits per heavy atom. The Hall–Kier alpha value is -0.800. The molecule has 0 aliphatic rings. The van der Waals surface area contributed by atoms with Gasteiger partial charge in [-0.3, -0.25) is 4.90 Å². The van der Waals surface area contributed by atoms with E-state index in [0.29, 0.717) is 12.0 Å². The molecule has 1 aromatic rings. The maximum Gasteiger partial charge on any atom is 0.122 e. The zero-order valence-electron chi connectivity index (χ0n) is 13.2. The number of hydrogen-bond donors (Lipinski definition) is 1. The molecule has 3 nitrogen and oxygen atoms in total. The summed E-state index contributed by atoms with van der Waals surface area (Å²) < 4.78 is 5.61. The van der Waals surface area contributed by atoms with E-state index in [4.69, 9.17) is 4.42 Å². The van der Waals surface area contributed by atoms with E-state index in [1.165, 1.54) is 5.56 Å². The first-order valence-electron chi connectivity index (χ1n) is 7.54. The van der Waals surface area contributed by atoms with Crippen LogP contribution in [0.4, 0.5) is 0 Å². The van der Waals surface area contributed by atoms with Gasteiger partial charge in [0.1, 0.15) is 5.76 Å². The highest BCUT2D eigenvalue weighted by atomic mass is 16.3. The van der Waals surface area contributed by atoms with E-state index in [1.807, 2.05) is 6.26 Å². The van der Waals surface area contributed by atoms with Crippen molar-refractivity contribution in [1.29, 1.82) is 0 Å². The van der Waals surface area contributed by atoms with Crippen molar-refractivity contribution < 1.29 is 4.42 Å². The van der Waals surface area contributed by atoms with Crippen LogP contribution in [0.15, 0.2) is 16.7 Å². The molecule has 110 valence electrons. The summed E-state index contributed by atoms with van der Waals surface area (Å²) in [6.45, 7) is 15.2. The number of furan rings is 1. The summed E-state index contributed by atoms with van der Waals surface area (Å²) in [7, 11) is 0. The van der Waals surface area contributed by atoms with Gasteiger partial charge in [0, 0.05) is 24.7 Å². The highest BCUT2D eigenvalue weighted by Gasteiger charge is 2.15. The molecule has 1 rings (SSSR count). The summed E-state index contributed by atoms with van der Waals surface area (Å²) in [5, 5.41) is 3.41. The fourth-order valence-corrected chi connectivity index (χ4v) is 2.19. The van der Waals surface area contributed by atoms with E-state index >= 15 is 0 Å². The number of rotatable bonds is 9. The lowest BCUT2D eigenvalue weighted by atomic mass is 10.1. The fourth-order valence-electron chi connectivity index (χ4n) is 2.19. The average Bonchev–Trinajstić information content (AvgIpc) is 2.75. The molecule has 0 unspecified atom stereocenters. The molecule has 19 heavy (non-hydrogen) atoms. The van der Waals surface area contributed by atoms with Gasteiger partial charge >= 0.3 is 0 Å². The molecule has 0 aliphatic carbocycles. The second kappa shape index (κ2) is 8.39. The van der Waals surface area contributed by atoms with Crippen LogP contribution >= 0.6 is 0 Å². The highest BCUT2D eigenvalue weighted by Crippen LogP contribution is 2.16. The van der Waals surface area contributed by atoms with Gasteiger partial charge in [0.25, 0.3) is 0 Å². The molecule has 0 amide bonds. The summed E-state index contributed by atoms with van der Waals surface area (Å²) >= 11 is 0. The van der Waals surface area contributed by atoms with Crippen molar-refractivity contribution in [3.63, 3.8) is 0 Å². The lowest BCUT2D eigenvalue weighted by Crippen LogP contribution is -2.33. The SMILES string of the molecule is CCCNCc1occc1CN(CC(C)C)C(C)C. The molecular formula is C16H30N2O. The molecule has 0 aromatic carbocycles. The maximum atomic E-state index is 5.61. The molecule has 1 aromatic heterocycles. The molecule has 3 heteroatoms. The van der Waals surface area contributed by atoms with Crippen molar-refractivity contribution in [2.24, 2.45) is 5.92 Å². The second-order valence-corrected chi connectivity index (χ2v) is 5.96. The maximum absolute atomic E-state index is 5.61. The largest absolute Gasteiger partial charge is 0.468 e. The van der Waals surface area contributed by atoms with E-state index in [1.54, 1.807) is 0 Å². The van der Waals surface area contributed by atoms with Gasteiger partial charge in [0.05, 0.1) is 12.8 Å². The summed E-state index contributed by atoms with van der Waals surface area (Å²) in [5.74, 6) is 1.78. The third-order valence-corrected chi connectivity index (χ3v) is 3.25. The molecule has 0 spiro atoms. The van der Waals surface area contributed by atoms with E-state index in [2.05, 4.69) is 50.9 Å².